The Morgan fingerprint density at radius 3 is 2.33 bits per heavy atom. The second-order valence-corrected chi connectivity index (χ2v) is 4.36. The maximum Gasteiger partial charge on any atom is 0.236 e. The smallest absolute Gasteiger partial charge is 0.236 e. The SMILES string of the molecule is CCCC(N)C(=O)NCC(C)(C)C(N)=O. The third kappa shape index (κ3) is 4.78. The molecule has 0 aliphatic rings. The predicted octanol–water partition coefficient (Wildman–Crippen LogP) is -0.258. The van der Waals surface area contributed by atoms with Gasteiger partial charge in [-0.3, -0.25) is 9.59 Å². The van der Waals surface area contributed by atoms with Crippen molar-refractivity contribution in [1.82, 2.24) is 5.32 Å². The van der Waals surface area contributed by atoms with Gasteiger partial charge >= 0.3 is 0 Å². The molecule has 0 heterocycles. The molecule has 5 heteroatoms. The van der Waals surface area contributed by atoms with Crippen molar-refractivity contribution in [1.29, 1.82) is 0 Å². The van der Waals surface area contributed by atoms with Crippen LogP contribution >= 0.6 is 0 Å². The molecule has 0 aromatic carbocycles. The van der Waals surface area contributed by atoms with E-state index in [0.29, 0.717) is 6.42 Å². The van der Waals surface area contributed by atoms with Crippen LogP contribution in [0.25, 0.3) is 0 Å². The van der Waals surface area contributed by atoms with Crippen molar-refractivity contribution in [3.8, 4) is 0 Å². The lowest BCUT2D eigenvalue weighted by atomic mass is 9.92. The van der Waals surface area contributed by atoms with E-state index < -0.39 is 17.4 Å². The fraction of sp³-hybridized carbons (Fsp3) is 0.800. The largest absolute Gasteiger partial charge is 0.369 e. The first-order chi connectivity index (χ1) is 6.81. The standard InChI is InChI=1S/C10H21N3O2/c1-4-5-7(11)8(14)13-6-10(2,3)9(12)15/h7H,4-6,11H2,1-3H3,(H2,12,15)(H,13,14). The van der Waals surface area contributed by atoms with Crippen molar-refractivity contribution in [3.05, 3.63) is 0 Å². The summed E-state index contributed by atoms with van der Waals surface area (Å²) in [5, 5.41) is 2.62. The fourth-order valence-electron chi connectivity index (χ4n) is 0.968. The topological polar surface area (TPSA) is 98.2 Å². The number of nitrogens with one attached hydrogen (secondary N) is 1. The van der Waals surface area contributed by atoms with Gasteiger partial charge in [0.2, 0.25) is 11.8 Å². The van der Waals surface area contributed by atoms with Gasteiger partial charge in [0.1, 0.15) is 0 Å². The van der Waals surface area contributed by atoms with E-state index in [9.17, 15) is 9.59 Å². The Balaban J connectivity index is 4.05. The van der Waals surface area contributed by atoms with Crippen molar-refractivity contribution in [2.24, 2.45) is 16.9 Å². The molecule has 88 valence electrons. The van der Waals surface area contributed by atoms with Crippen molar-refractivity contribution >= 4 is 11.8 Å². The normalized spacial score (nSPS) is 13.3. The Kier molecular flexibility index (Phi) is 5.28. The molecule has 0 saturated carbocycles. The molecule has 0 aromatic rings. The molecule has 0 fully saturated rings. The van der Waals surface area contributed by atoms with Crippen molar-refractivity contribution < 1.29 is 9.59 Å². The maximum absolute atomic E-state index is 11.4. The summed E-state index contributed by atoms with van der Waals surface area (Å²) in [7, 11) is 0. The van der Waals surface area contributed by atoms with Gasteiger partial charge in [0.05, 0.1) is 11.5 Å². The maximum atomic E-state index is 11.4. The number of hydrogen-bond acceptors (Lipinski definition) is 3. The Hall–Kier alpha value is -1.10. The summed E-state index contributed by atoms with van der Waals surface area (Å²) < 4.78 is 0. The number of hydrogen-bond donors (Lipinski definition) is 3. The lowest BCUT2D eigenvalue weighted by Gasteiger charge is -2.21. The Morgan fingerprint density at radius 1 is 1.40 bits per heavy atom. The minimum Gasteiger partial charge on any atom is -0.369 e. The van der Waals surface area contributed by atoms with Crippen LogP contribution < -0.4 is 16.8 Å². The molecule has 5 nitrogen and oxygen atoms in total. The fourth-order valence-corrected chi connectivity index (χ4v) is 0.968. The highest BCUT2D eigenvalue weighted by Gasteiger charge is 2.26. The van der Waals surface area contributed by atoms with Crippen molar-refractivity contribution in [2.45, 2.75) is 39.7 Å². The molecule has 1 atom stereocenters. The molecule has 15 heavy (non-hydrogen) atoms. The molecule has 0 aliphatic carbocycles. The Bertz CT molecular complexity index is 239. The van der Waals surface area contributed by atoms with Gasteiger partial charge in [-0.15, -0.1) is 0 Å². The molecular formula is C10H21N3O2. The number of nitrogens with two attached hydrogens (primary N) is 2. The molecule has 0 bridgehead atoms. The quantitative estimate of drug-likeness (QED) is 0.569. The predicted molar refractivity (Wildman–Crippen MR) is 58.9 cm³/mol. The minimum absolute atomic E-state index is 0.221. The number of amides is 2. The van der Waals surface area contributed by atoms with E-state index >= 15 is 0 Å². The summed E-state index contributed by atoms with van der Waals surface area (Å²) >= 11 is 0. The number of carbonyl (C=O) groups is 2. The zero-order valence-corrected chi connectivity index (χ0v) is 9.67. The summed E-state index contributed by atoms with van der Waals surface area (Å²) in [6.45, 7) is 5.54. The van der Waals surface area contributed by atoms with Crippen LogP contribution in [-0.4, -0.2) is 24.4 Å². The molecular weight excluding hydrogens is 194 g/mol. The first-order valence-corrected chi connectivity index (χ1v) is 5.14. The van der Waals surface area contributed by atoms with Crippen LogP contribution in [0.1, 0.15) is 33.6 Å². The third-order valence-corrected chi connectivity index (χ3v) is 2.31. The Morgan fingerprint density at radius 2 is 1.93 bits per heavy atom. The second kappa shape index (κ2) is 5.70. The van der Waals surface area contributed by atoms with Crippen LogP contribution in [0.2, 0.25) is 0 Å². The van der Waals surface area contributed by atoms with Gasteiger partial charge in [0.15, 0.2) is 0 Å². The number of primary amides is 1. The monoisotopic (exact) mass is 215 g/mol. The highest BCUT2D eigenvalue weighted by atomic mass is 16.2. The van der Waals surface area contributed by atoms with Crippen LogP contribution in [0.15, 0.2) is 0 Å². The number of carbonyl (C=O) groups excluding carboxylic acids is 2. The van der Waals surface area contributed by atoms with Gasteiger partial charge in [0, 0.05) is 6.54 Å². The van der Waals surface area contributed by atoms with E-state index in [2.05, 4.69) is 5.32 Å². The van der Waals surface area contributed by atoms with E-state index in [1.807, 2.05) is 6.92 Å². The zero-order valence-electron chi connectivity index (χ0n) is 9.67. The van der Waals surface area contributed by atoms with Gasteiger partial charge in [-0.1, -0.05) is 13.3 Å². The van der Waals surface area contributed by atoms with Crippen LogP contribution in [-0.2, 0) is 9.59 Å². The van der Waals surface area contributed by atoms with Crippen LogP contribution in [0.3, 0.4) is 0 Å². The molecule has 2 amide bonds. The van der Waals surface area contributed by atoms with E-state index in [-0.39, 0.29) is 12.5 Å². The summed E-state index contributed by atoms with van der Waals surface area (Å²) in [6.07, 6.45) is 1.50. The van der Waals surface area contributed by atoms with Crippen molar-refractivity contribution in [3.63, 3.8) is 0 Å². The highest BCUT2D eigenvalue weighted by Crippen LogP contribution is 2.11. The second-order valence-electron chi connectivity index (χ2n) is 4.36. The molecule has 0 aliphatic heterocycles. The Labute approximate surface area is 90.6 Å². The highest BCUT2D eigenvalue weighted by molar-refractivity contribution is 5.84. The molecule has 5 N–H and O–H groups in total. The van der Waals surface area contributed by atoms with Crippen LogP contribution in [0.5, 0.6) is 0 Å². The number of rotatable bonds is 6. The third-order valence-electron chi connectivity index (χ3n) is 2.31. The van der Waals surface area contributed by atoms with Gasteiger partial charge in [-0.05, 0) is 20.3 Å². The van der Waals surface area contributed by atoms with Gasteiger partial charge in [-0.25, -0.2) is 0 Å². The molecule has 1 unspecified atom stereocenters. The summed E-state index contributed by atoms with van der Waals surface area (Å²) in [5.74, 6) is -0.668. The zero-order chi connectivity index (χ0) is 12.1. The minimum atomic E-state index is -0.735. The summed E-state index contributed by atoms with van der Waals surface area (Å²) in [5.41, 5.74) is 10.0. The van der Waals surface area contributed by atoms with Crippen molar-refractivity contribution in [2.75, 3.05) is 6.54 Å². The lowest BCUT2D eigenvalue weighted by molar-refractivity contribution is -0.127. The first-order valence-electron chi connectivity index (χ1n) is 5.14. The van der Waals surface area contributed by atoms with E-state index in [1.165, 1.54) is 0 Å². The molecule has 0 radical (unpaired) electrons. The molecule has 0 spiro atoms. The molecule has 0 rings (SSSR count). The van der Waals surface area contributed by atoms with E-state index in [1.54, 1.807) is 13.8 Å². The first kappa shape index (κ1) is 13.9. The lowest BCUT2D eigenvalue weighted by Crippen LogP contribution is -2.47. The van der Waals surface area contributed by atoms with E-state index in [4.69, 9.17) is 11.5 Å². The summed E-state index contributed by atoms with van der Waals surface area (Å²) in [4.78, 5) is 22.4. The molecule has 0 aromatic heterocycles. The summed E-state index contributed by atoms with van der Waals surface area (Å²) in [6, 6.07) is -0.501. The van der Waals surface area contributed by atoms with Crippen LogP contribution in [0.4, 0.5) is 0 Å². The average molecular weight is 215 g/mol. The van der Waals surface area contributed by atoms with E-state index in [0.717, 1.165) is 6.42 Å². The van der Waals surface area contributed by atoms with Gasteiger partial charge in [-0.2, -0.15) is 0 Å². The molecule has 0 saturated heterocycles. The van der Waals surface area contributed by atoms with Gasteiger partial charge < -0.3 is 16.8 Å². The van der Waals surface area contributed by atoms with Crippen LogP contribution in [0, 0.1) is 5.41 Å². The van der Waals surface area contributed by atoms with Gasteiger partial charge in [0.25, 0.3) is 0 Å². The average Bonchev–Trinajstić information content (AvgIpc) is 2.14.